The Hall–Kier alpha value is -0.540. The molecule has 0 amide bonds. The number of carbonyl (C=O) groups is 1. The van der Waals surface area contributed by atoms with Gasteiger partial charge in [0.15, 0.2) is 5.78 Å². The highest BCUT2D eigenvalue weighted by atomic mass is 79.9. The van der Waals surface area contributed by atoms with Gasteiger partial charge in [-0.15, -0.1) is 11.6 Å². The smallest absolute Gasteiger partial charge is 0.178 e. The Morgan fingerprint density at radius 1 is 1.58 bits per heavy atom. The van der Waals surface area contributed by atoms with Crippen molar-refractivity contribution in [3.63, 3.8) is 0 Å². The Balaban J connectivity index is 3.13. The Bertz CT molecular complexity index is 312. The summed E-state index contributed by atoms with van der Waals surface area (Å²) in [6.07, 6.45) is 0. The lowest BCUT2D eigenvalue weighted by molar-refractivity contribution is 0.102. The fraction of sp³-hybridized carbons (Fsp3) is 0.125. The first-order valence-electron chi connectivity index (χ1n) is 3.23. The van der Waals surface area contributed by atoms with Crippen LogP contribution in [0.5, 0.6) is 5.75 Å². The molecule has 1 aromatic carbocycles. The van der Waals surface area contributed by atoms with E-state index in [0.717, 1.165) is 0 Å². The standard InChI is InChI=1S/C8H6BrClO2/c9-7-2-1-5(11)3-6(7)8(12)4-10/h1-3,11H,4H2. The second kappa shape index (κ2) is 3.92. The molecule has 0 heterocycles. The van der Waals surface area contributed by atoms with Gasteiger partial charge >= 0.3 is 0 Å². The van der Waals surface area contributed by atoms with Crippen LogP contribution >= 0.6 is 27.5 Å². The van der Waals surface area contributed by atoms with Gasteiger partial charge in [-0.2, -0.15) is 0 Å². The summed E-state index contributed by atoms with van der Waals surface area (Å²) in [7, 11) is 0. The van der Waals surface area contributed by atoms with Crippen LogP contribution in [0.2, 0.25) is 0 Å². The van der Waals surface area contributed by atoms with E-state index in [4.69, 9.17) is 16.7 Å². The predicted molar refractivity (Wildman–Crippen MR) is 50.9 cm³/mol. The van der Waals surface area contributed by atoms with E-state index in [-0.39, 0.29) is 17.4 Å². The Morgan fingerprint density at radius 3 is 2.83 bits per heavy atom. The summed E-state index contributed by atoms with van der Waals surface area (Å²) in [5.41, 5.74) is 0.407. The Morgan fingerprint density at radius 2 is 2.25 bits per heavy atom. The lowest BCUT2D eigenvalue weighted by Crippen LogP contribution is -2.00. The number of carbonyl (C=O) groups excluding carboxylic acids is 1. The van der Waals surface area contributed by atoms with Crippen molar-refractivity contribution >= 4 is 33.3 Å². The quantitative estimate of drug-likeness (QED) is 0.646. The van der Waals surface area contributed by atoms with Crippen LogP contribution in [0.3, 0.4) is 0 Å². The zero-order valence-corrected chi connectivity index (χ0v) is 8.39. The molecule has 0 aromatic heterocycles. The molecule has 0 aliphatic rings. The van der Waals surface area contributed by atoms with E-state index in [1.165, 1.54) is 12.1 Å². The average molecular weight is 249 g/mol. The van der Waals surface area contributed by atoms with Crippen LogP contribution in [0, 0.1) is 0 Å². The fourth-order valence-electron chi connectivity index (χ4n) is 0.799. The van der Waals surface area contributed by atoms with Gasteiger partial charge in [-0.1, -0.05) is 15.9 Å². The highest BCUT2D eigenvalue weighted by Crippen LogP contribution is 2.22. The summed E-state index contributed by atoms with van der Waals surface area (Å²) >= 11 is 8.54. The van der Waals surface area contributed by atoms with Crippen LogP contribution in [-0.4, -0.2) is 16.8 Å². The molecule has 0 atom stereocenters. The Kier molecular flexibility index (Phi) is 3.12. The minimum atomic E-state index is -0.209. The van der Waals surface area contributed by atoms with Crippen molar-refractivity contribution in [2.24, 2.45) is 0 Å². The highest BCUT2D eigenvalue weighted by Gasteiger charge is 2.08. The van der Waals surface area contributed by atoms with Crippen LogP contribution in [-0.2, 0) is 0 Å². The molecular weight excluding hydrogens is 243 g/mol. The van der Waals surface area contributed by atoms with Crippen molar-refractivity contribution in [3.8, 4) is 5.75 Å². The molecule has 1 N–H and O–H groups in total. The number of Topliss-reactive ketones (excluding diaryl/α,β-unsaturated/α-hetero) is 1. The van der Waals surface area contributed by atoms with E-state index in [1.807, 2.05) is 0 Å². The van der Waals surface area contributed by atoms with E-state index in [1.54, 1.807) is 6.07 Å². The summed E-state index contributed by atoms with van der Waals surface area (Å²) in [5.74, 6) is -0.228. The molecular formula is C8H6BrClO2. The minimum absolute atomic E-state index is 0.0617. The monoisotopic (exact) mass is 248 g/mol. The van der Waals surface area contributed by atoms with Crippen molar-refractivity contribution in [1.29, 1.82) is 0 Å². The lowest BCUT2D eigenvalue weighted by Gasteiger charge is -2.00. The summed E-state index contributed by atoms with van der Waals surface area (Å²) < 4.78 is 0.644. The number of halogens is 2. The fourth-order valence-corrected chi connectivity index (χ4v) is 1.41. The number of alkyl halides is 1. The zero-order valence-electron chi connectivity index (χ0n) is 6.05. The van der Waals surface area contributed by atoms with Gasteiger partial charge in [0.05, 0.1) is 5.88 Å². The largest absolute Gasteiger partial charge is 0.508 e. The van der Waals surface area contributed by atoms with Crippen LogP contribution in [0.4, 0.5) is 0 Å². The van der Waals surface area contributed by atoms with Crippen LogP contribution in [0.1, 0.15) is 10.4 Å². The van der Waals surface area contributed by atoms with Crippen LogP contribution < -0.4 is 0 Å². The molecule has 1 rings (SSSR count). The van der Waals surface area contributed by atoms with E-state index in [9.17, 15) is 4.79 Å². The van der Waals surface area contributed by atoms with Crippen molar-refractivity contribution < 1.29 is 9.90 Å². The molecule has 12 heavy (non-hydrogen) atoms. The van der Waals surface area contributed by atoms with Gasteiger partial charge in [0, 0.05) is 10.0 Å². The molecule has 0 radical (unpaired) electrons. The Labute approximate surface area is 83.3 Å². The highest BCUT2D eigenvalue weighted by molar-refractivity contribution is 9.10. The summed E-state index contributed by atoms with van der Waals surface area (Å²) in [5, 5.41) is 9.07. The summed E-state index contributed by atoms with van der Waals surface area (Å²) in [6, 6.07) is 4.49. The normalized spacial score (nSPS) is 9.83. The topological polar surface area (TPSA) is 37.3 Å². The first-order valence-corrected chi connectivity index (χ1v) is 4.55. The summed E-state index contributed by atoms with van der Waals surface area (Å²) in [6.45, 7) is 0. The maximum absolute atomic E-state index is 11.1. The molecule has 0 fully saturated rings. The maximum atomic E-state index is 11.1. The van der Waals surface area contributed by atoms with Gasteiger partial charge in [-0.3, -0.25) is 4.79 Å². The average Bonchev–Trinajstić information content (AvgIpc) is 2.08. The number of aromatic hydroxyl groups is 1. The molecule has 0 aliphatic carbocycles. The lowest BCUT2D eigenvalue weighted by atomic mass is 10.1. The SMILES string of the molecule is O=C(CCl)c1cc(O)ccc1Br. The zero-order chi connectivity index (χ0) is 9.14. The van der Waals surface area contributed by atoms with E-state index >= 15 is 0 Å². The molecule has 0 saturated heterocycles. The third-order valence-electron chi connectivity index (χ3n) is 1.37. The van der Waals surface area contributed by atoms with Gasteiger partial charge < -0.3 is 5.11 Å². The molecule has 1 aromatic rings. The second-order valence-electron chi connectivity index (χ2n) is 2.22. The van der Waals surface area contributed by atoms with Crippen molar-refractivity contribution in [1.82, 2.24) is 0 Å². The molecule has 0 bridgehead atoms. The summed E-state index contributed by atoms with van der Waals surface area (Å²) in [4.78, 5) is 11.1. The van der Waals surface area contributed by atoms with E-state index in [2.05, 4.69) is 15.9 Å². The number of ketones is 1. The first-order chi connectivity index (χ1) is 5.65. The second-order valence-corrected chi connectivity index (χ2v) is 3.34. The molecule has 2 nitrogen and oxygen atoms in total. The molecule has 0 spiro atoms. The van der Waals surface area contributed by atoms with Crippen LogP contribution in [0.25, 0.3) is 0 Å². The molecule has 0 unspecified atom stereocenters. The van der Waals surface area contributed by atoms with Gasteiger partial charge in [0.25, 0.3) is 0 Å². The van der Waals surface area contributed by atoms with Crippen molar-refractivity contribution in [2.45, 2.75) is 0 Å². The van der Waals surface area contributed by atoms with Gasteiger partial charge in [-0.25, -0.2) is 0 Å². The molecule has 64 valence electrons. The van der Waals surface area contributed by atoms with E-state index in [0.29, 0.717) is 10.0 Å². The molecule has 4 heteroatoms. The molecule has 0 saturated carbocycles. The van der Waals surface area contributed by atoms with E-state index < -0.39 is 0 Å². The first kappa shape index (κ1) is 9.55. The number of phenols is 1. The van der Waals surface area contributed by atoms with Gasteiger partial charge in [-0.05, 0) is 18.2 Å². The number of hydrogen-bond acceptors (Lipinski definition) is 2. The van der Waals surface area contributed by atoms with Crippen molar-refractivity contribution in [3.05, 3.63) is 28.2 Å². The van der Waals surface area contributed by atoms with Crippen molar-refractivity contribution in [2.75, 3.05) is 5.88 Å². The van der Waals surface area contributed by atoms with Gasteiger partial charge in [0.2, 0.25) is 0 Å². The maximum Gasteiger partial charge on any atom is 0.178 e. The number of hydrogen-bond donors (Lipinski definition) is 1. The predicted octanol–water partition coefficient (Wildman–Crippen LogP) is 2.58. The van der Waals surface area contributed by atoms with Crippen LogP contribution in [0.15, 0.2) is 22.7 Å². The van der Waals surface area contributed by atoms with Gasteiger partial charge in [0.1, 0.15) is 5.75 Å². The molecule has 0 aliphatic heterocycles. The third kappa shape index (κ3) is 1.99. The number of benzene rings is 1. The minimum Gasteiger partial charge on any atom is -0.508 e. The number of rotatable bonds is 2. The number of phenolic OH excluding ortho intramolecular Hbond substituents is 1. The third-order valence-corrected chi connectivity index (χ3v) is 2.31.